The van der Waals surface area contributed by atoms with Crippen LogP contribution in [0.1, 0.15) is 29.8 Å². The lowest BCUT2D eigenvalue weighted by atomic mass is 10.1. The van der Waals surface area contributed by atoms with Crippen molar-refractivity contribution < 1.29 is 13.2 Å². The number of aryl methyl sites for hydroxylation is 2. The Bertz CT molecular complexity index is 575. The number of sulfonamides is 1. The van der Waals surface area contributed by atoms with Gasteiger partial charge in [-0.15, -0.1) is 11.3 Å². The van der Waals surface area contributed by atoms with Gasteiger partial charge in [-0.05, 0) is 38.5 Å². The van der Waals surface area contributed by atoms with Gasteiger partial charge in [-0.2, -0.15) is 4.31 Å². The lowest BCUT2D eigenvalue weighted by molar-refractivity contribution is 0.180. The molecule has 0 radical (unpaired) electrons. The molecule has 0 bridgehead atoms. The molecule has 1 atom stereocenters. The van der Waals surface area contributed by atoms with E-state index in [-0.39, 0.29) is 11.8 Å². The lowest BCUT2D eigenvalue weighted by Gasteiger charge is -2.24. The first-order valence-corrected chi connectivity index (χ1v) is 10.0. The van der Waals surface area contributed by atoms with E-state index in [0.717, 1.165) is 36.4 Å². The van der Waals surface area contributed by atoms with Crippen LogP contribution in [0.25, 0.3) is 0 Å². The maximum Gasteiger partial charge on any atom is 0.214 e. The number of hydrogen-bond donors (Lipinski definition) is 0. The van der Waals surface area contributed by atoms with Gasteiger partial charge in [0, 0.05) is 24.1 Å². The highest BCUT2D eigenvalue weighted by Crippen LogP contribution is 2.32. The number of hydrogen-bond acceptors (Lipinski definition) is 5. The molecule has 5 nitrogen and oxygen atoms in total. The molecule has 1 aliphatic heterocycles. The fourth-order valence-corrected chi connectivity index (χ4v) is 5.45. The van der Waals surface area contributed by atoms with Gasteiger partial charge in [0.15, 0.2) is 0 Å². The van der Waals surface area contributed by atoms with Crippen LogP contribution in [0.4, 0.5) is 0 Å². The molecule has 2 aliphatic rings. The zero-order valence-corrected chi connectivity index (χ0v) is 14.0. The molecule has 1 saturated carbocycles. The van der Waals surface area contributed by atoms with Crippen molar-refractivity contribution in [3.8, 4) is 0 Å². The van der Waals surface area contributed by atoms with E-state index in [1.165, 1.54) is 0 Å². The predicted octanol–water partition coefficient (Wildman–Crippen LogP) is 1.82. The third-order valence-corrected chi connectivity index (χ3v) is 7.08. The number of aromatic nitrogens is 1. The normalized spacial score (nSPS) is 23.0. The van der Waals surface area contributed by atoms with Crippen LogP contribution in [0.2, 0.25) is 0 Å². The predicted molar refractivity (Wildman–Crippen MR) is 83.0 cm³/mol. The Labute approximate surface area is 130 Å². The second-order valence-corrected chi connectivity index (χ2v) is 8.94. The summed E-state index contributed by atoms with van der Waals surface area (Å²) < 4.78 is 32.5. The summed E-state index contributed by atoms with van der Waals surface area (Å²) in [6, 6.07) is 0.234. The molecule has 0 N–H and O–H groups in total. The van der Waals surface area contributed by atoms with Crippen LogP contribution >= 0.6 is 11.3 Å². The van der Waals surface area contributed by atoms with Gasteiger partial charge in [0.25, 0.3) is 0 Å². The summed E-state index contributed by atoms with van der Waals surface area (Å²) in [4.78, 5) is 5.27. The number of nitrogens with zero attached hydrogens (tertiary/aromatic N) is 2. The van der Waals surface area contributed by atoms with Gasteiger partial charge in [0.2, 0.25) is 10.0 Å². The Hall–Kier alpha value is -0.500. The number of thiazole rings is 1. The molecule has 2 heterocycles. The minimum absolute atomic E-state index is 0.195. The zero-order chi connectivity index (χ0) is 14.9. The summed E-state index contributed by atoms with van der Waals surface area (Å²) in [6.07, 6.45) is 3.56. The van der Waals surface area contributed by atoms with Crippen LogP contribution < -0.4 is 0 Å². The smallest absolute Gasteiger partial charge is 0.214 e. The van der Waals surface area contributed by atoms with Crippen LogP contribution in [0.5, 0.6) is 0 Å². The maximum absolute atomic E-state index is 12.7. The van der Waals surface area contributed by atoms with E-state index in [2.05, 4.69) is 4.98 Å². The molecule has 0 aromatic carbocycles. The van der Waals surface area contributed by atoms with E-state index in [0.29, 0.717) is 25.5 Å². The zero-order valence-electron chi connectivity index (χ0n) is 12.3. The van der Waals surface area contributed by atoms with Crippen molar-refractivity contribution in [1.29, 1.82) is 0 Å². The van der Waals surface area contributed by atoms with Crippen molar-refractivity contribution in [1.82, 2.24) is 9.29 Å². The van der Waals surface area contributed by atoms with E-state index in [4.69, 9.17) is 4.74 Å². The molecule has 1 aliphatic carbocycles. The third kappa shape index (κ3) is 3.83. The van der Waals surface area contributed by atoms with Crippen LogP contribution in [-0.4, -0.2) is 49.3 Å². The lowest BCUT2D eigenvalue weighted by Crippen LogP contribution is -2.39. The largest absolute Gasteiger partial charge is 0.381 e. The summed E-state index contributed by atoms with van der Waals surface area (Å²) in [7, 11) is -3.18. The highest BCUT2D eigenvalue weighted by molar-refractivity contribution is 7.89. The average molecular weight is 330 g/mol. The first-order valence-electron chi connectivity index (χ1n) is 7.52. The van der Waals surface area contributed by atoms with Crippen molar-refractivity contribution in [3.63, 3.8) is 0 Å². The van der Waals surface area contributed by atoms with Gasteiger partial charge >= 0.3 is 0 Å². The van der Waals surface area contributed by atoms with Gasteiger partial charge in [-0.1, -0.05) is 0 Å². The molecule has 1 saturated heterocycles. The van der Waals surface area contributed by atoms with E-state index in [9.17, 15) is 8.42 Å². The molecule has 118 valence electrons. The standard InChI is InChI=1S/C14H22N2O3S2/c1-11-14(20-10-15-11)5-7-21(17,18)16(13-2-3-13)8-12-4-6-19-9-12/h10,12-13H,2-9H2,1H3. The topological polar surface area (TPSA) is 59.5 Å². The molecule has 7 heteroatoms. The minimum Gasteiger partial charge on any atom is -0.381 e. The van der Waals surface area contributed by atoms with E-state index >= 15 is 0 Å². The molecular weight excluding hydrogens is 308 g/mol. The van der Waals surface area contributed by atoms with E-state index in [1.807, 2.05) is 6.92 Å². The van der Waals surface area contributed by atoms with Crippen molar-refractivity contribution >= 4 is 21.4 Å². The monoisotopic (exact) mass is 330 g/mol. The first kappa shape index (κ1) is 15.4. The Morgan fingerprint density at radius 3 is 2.81 bits per heavy atom. The average Bonchev–Trinajstić information content (AvgIpc) is 2.98. The minimum atomic E-state index is -3.18. The summed E-state index contributed by atoms with van der Waals surface area (Å²) in [6.45, 7) is 4.04. The quantitative estimate of drug-likeness (QED) is 0.765. The summed E-state index contributed by atoms with van der Waals surface area (Å²) in [5.41, 5.74) is 2.74. The van der Waals surface area contributed by atoms with Crippen molar-refractivity contribution in [3.05, 3.63) is 16.1 Å². The fraction of sp³-hybridized carbons (Fsp3) is 0.786. The van der Waals surface area contributed by atoms with Gasteiger partial charge in [-0.25, -0.2) is 13.4 Å². The third-order valence-electron chi connectivity index (χ3n) is 4.21. The van der Waals surface area contributed by atoms with Gasteiger partial charge < -0.3 is 4.74 Å². The van der Waals surface area contributed by atoms with Crippen LogP contribution in [0.15, 0.2) is 5.51 Å². The summed E-state index contributed by atoms with van der Waals surface area (Å²) >= 11 is 1.54. The Balaban J connectivity index is 1.64. The SMILES string of the molecule is Cc1ncsc1CCS(=O)(=O)N(CC1CCOC1)C1CC1. The van der Waals surface area contributed by atoms with Gasteiger partial charge in [-0.3, -0.25) is 0 Å². The molecule has 1 aromatic rings. The Morgan fingerprint density at radius 1 is 1.43 bits per heavy atom. The van der Waals surface area contributed by atoms with Crippen molar-refractivity contribution in [2.75, 3.05) is 25.5 Å². The molecule has 21 heavy (non-hydrogen) atoms. The van der Waals surface area contributed by atoms with Gasteiger partial charge in [0.05, 0.1) is 23.6 Å². The van der Waals surface area contributed by atoms with E-state index in [1.54, 1.807) is 21.2 Å². The summed E-state index contributed by atoms with van der Waals surface area (Å²) in [5.74, 6) is 0.561. The Morgan fingerprint density at radius 2 is 2.24 bits per heavy atom. The summed E-state index contributed by atoms with van der Waals surface area (Å²) in [5, 5.41) is 0. The molecule has 1 unspecified atom stereocenters. The molecule has 1 aromatic heterocycles. The molecule has 2 fully saturated rings. The highest BCUT2D eigenvalue weighted by Gasteiger charge is 2.38. The highest BCUT2D eigenvalue weighted by atomic mass is 32.2. The molecular formula is C14H22N2O3S2. The van der Waals surface area contributed by atoms with Crippen LogP contribution in [0.3, 0.4) is 0 Å². The first-order chi connectivity index (χ1) is 10.1. The van der Waals surface area contributed by atoms with E-state index < -0.39 is 10.0 Å². The Kier molecular flexibility index (Phi) is 4.63. The second kappa shape index (κ2) is 6.32. The molecule has 3 rings (SSSR count). The van der Waals surface area contributed by atoms with Crippen LogP contribution in [0, 0.1) is 12.8 Å². The molecule has 0 amide bonds. The number of rotatable bonds is 7. The van der Waals surface area contributed by atoms with Crippen molar-refractivity contribution in [2.45, 2.75) is 38.6 Å². The maximum atomic E-state index is 12.7. The second-order valence-electron chi connectivity index (χ2n) is 5.96. The van der Waals surface area contributed by atoms with Crippen LogP contribution in [-0.2, 0) is 21.2 Å². The van der Waals surface area contributed by atoms with Gasteiger partial charge in [0.1, 0.15) is 0 Å². The van der Waals surface area contributed by atoms with Crippen molar-refractivity contribution in [2.24, 2.45) is 5.92 Å². The molecule has 0 spiro atoms. The number of ether oxygens (including phenoxy) is 1. The fourth-order valence-electron chi connectivity index (χ4n) is 2.74.